The highest BCUT2D eigenvalue weighted by Crippen LogP contribution is 2.49. The molecule has 1 aliphatic rings. The summed E-state index contributed by atoms with van der Waals surface area (Å²) in [7, 11) is 2.98. The third-order valence-electron chi connectivity index (χ3n) is 7.15. The van der Waals surface area contributed by atoms with Crippen LogP contribution in [0.3, 0.4) is 0 Å². The Hall–Kier alpha value is -3.96. The first-order valence-corrected chi connectivity index (χ1v) is 12.0. The Morgan fingerprint density at radius 1 is 1.13 bits per heavy atom. The lowest BCUT2D eigenvalue weighted by atomic mass is 9.77. The topological polar surface area (TPSA) is 125 Å². The Balaban J connectivity index is 1.73. The van der Waals surface area contributed by atoms with E-state index in [9.17, 15) is 32.7 Å². The number of aromatic hydroxyl groups is 1. The summed E-state index contributed by atoms with van der Waals surface area (Å²) in [5, 5.41) is 16.4. The van der Waals surface area contributed by atoms with E-state index in [1.807, 2.05) is 6.92 Å². The average molecular weight is 532 g/mol. The molecule has 9 nitrogen and oxygen atoms in total. The van der Waals surface area contributed by atoms with Gasteiger partial charge >= 0.3 is 6.18 Å². The van der Waals surface area contributed by atoms with E-state index in [4.69, 9.17) is 0 Å². The van der Waals surface area contributed by atoms with Gasteiger partial charge in [0, 0.05) is 26.5 Å². The average Bonchev–Trinajstić information content (AvgIpc) is 3.30. The fraction of sp³-hybridized carbons (Fsp3) is 0.423. The number of anilines is 3. The molecule has 3 aromatic rings. The maximum absolute atomic E-state index is 13.3. The Morgan fingerprint density at radius 2 is 1.76 bits per heavy atom. The number of nitrogens with one attached hydrogen (secondary N) is 2. The highest BCUT2D eigenvalue weighted by Gasteiger charge is 2.42. The fourth-order valence-corrected chi connectivity index (χ4v) is 4.94. The van der Waals surface area contributed by atoms with Gasteiger partial charge in [0.1, 0.15) is 11.4 Å². The number of carbonyl (C=O) groups excluding carboxylic acids is 1. The van der Waals surface area contributed by atoms with E-state index in [1.165, 1.54) is 38.2 Å². The van der Waals surface area contributed by atoms with Gasteiger partial charge in [0.25, 0.3) is 16.8 Å². The second-order valence-electron chi connectivity index (χ2n) is 10.2. The summed E-state index contributed by atoms with van der Waals surface area (Å²) in [6.07, 6.45) is 0.784. The summed E-state index contributed by atoms with van der Waals surface area (Å²) < 4.78 is 39.8. The van der Waals surface area contributed by atoms with Gasteiger partial charge in [0.05, 0.1) is 23.0 Å². The molecule has 3 N–H and O–H groups in total. The second kappa shape index (κ2) is 9.73. The largest absolute Gasteiger partial charge is 0.504 e. The molecule has 0 bridgehead atoms. The molecular weight excluding hydrogens is 503 g/mol. The number of amides is 1. The minimum absolute atomic E-state index is 0.00665. The molecule has 38 heavy (non-hydrogen) atoms. The van der Waals surface area contributed by atoms with Crippen molar-refractivity contribution in [2.45, 2.75) is 51.7 Å². The van der Waals surface area contributed by atoms with Crippen LogP contribution < -0.4 is 21.5 Å². The van der Waals surface area contributed by atoms with E-state index in [0.717, 1.165) is 37.9 Å². The summed E-state index contributed by atoms with van der Waals surface area (Å²) in [6.45, 7) is 3.51. The van der Waals surface area contributed by atoms with Crippen LogP contribution in [0.1, 0.15) is 66.0 Å². The van der Waals surface area contributed by atoms with Gasteiger partial charge in [-0.1, -0.05) is 19.8 Å². The maximum Gasteiger partial charge on any atom is 0.417 e. The Morgan fingerprint density at radius 3 is 2.34 bits per heavy atom. The Bertz CT molecular complexity index is 1450. The van der Waals surface area contributed by atoms with Gasteiger partial charge in [0.2, 0.25) is 0 Å². The quantitative estimate of drug-likeness (QED) is 0.386. The molecule has 1 saturated carbocycles. The van der Waals surface area contributed by atoms with Crippen LogP contribution in [0.15, 0.2) is 34.1 Å². The number of alkyl halides is 3. The predicted octanol–water partition coefficient (Wildman–Crippen LogP) is 4.28. The lowest BCUT2D eigenvalue weighted by molar-refractivity contribution is -0.137. The van der Waals surface area contributed by atoms with E-state index in [2.05, 4.69) is 20.6 Å². The smallest absolute Gasteiger partial charge is 0.417 e. The predicted molar refractivity (Wildman–Crippen MR) is 135 cm³/mol. The minimum Gasteiger partial charge on any atom is -0.504 e. The monoisotopic (exact) mass is 531 g/mol. The number of pyridine rings is 2. The van der Waals surface area contributed by atoms with E-state index < -0.39 is 45.7 Å². The Kier molecular flexibility index (Phi) is 6.94. The van der Waals surface area contributed by atoms with Crippen LogP contribution in [0.5, 0.6) is 5.75 Å². The number of rotatable bonds is 7. The summed E-state index contributed by atoms with van der Waals surface area (Å²) in [6, 6.07) is 1.71. The number of hydrogen-bond acceptors (Lipinski definition) is 8. The molecule has 0 unspecified atom stereocenters. The second-order valence-corrected chi connectivity index (χ2v) is 10.2. The first-order valence-electron chi connectivity index (χ1n) is 12.0. The van der Waals surface area contributed by atoms with Crippen LogP contribution >= 0.6 is 0 Å². The van der Waals surface area contributed by atoms with E-state index in [-0.39, 0.29) is 22.8 Å². The molecule has 4 rings (SSSR count). The molecule has 1 atom stereocenters. The molecule has 0 saturated heterocycles. The zero-order chi connectivity index (χ0) is 28.0. The van der Waals surface area contributed by atoms with Crippen molar-refractivity contribution in [3.8, 4) is 5.75 Å². The third kappa shape index (κ3) is 4.82. The number of halogens is 3. The van der Waals surface area contributed by atoms with Crippen LogP contribution in [-0.2, 0) is 6.18 Å². The van der Waals surface area contributed by atoms with Gasteiger partial charge < -0.3 is 20.6 Å². The molecule has 1 amide bonds. The summed E-state index contributed by atoms with van der Waals surface area (Å²) in [5.74, 6) is -1.06. The molecular formula is C26H28F3N5O4. The summed E-state index contributed by atoms with van der Waals surface area (Å²) >= 11 is 0. The number of carbonyl (C=O) groups is 1. The molecule has 202 valence electrons. The number of aromatic nitrogens is 2. The van der Waals surface area contributed by atoms with Crippen LogP contribution in [0, 0.1) is 12.3 Å². The Labute approximate surface area is 216 Å². The van der Waals surface area contributed by atoms with Crippen LogP contribution in [0.4, 0.5) is 30.2 Å². The maximum atomic E-state index is 13.3. The van der Waals surface area contributed by atoms with Gasteiger partial charge in [-0.25, -0.2) is 4.98 Å². The van der Waals surface area contributed by atoms with Crippen molar-refractivity contribution >= 4 is 23.0 Å². The van der Waals surface area contributed by atoms with Crippen LogP contribution in [0.2, 0.25) is 0 Å². The first-order chi connectivity index (χ1) is 17.7. The molecule has 1 fully saturated rings. The molecule has 1 aliphatic carbocycles. The lowest BCUT2D eigenvalue weighted by Gasteiger charge is -2.36. The number of nitrogens with zero attached hydrogens (tertiary/aromatic N) is 3. The molecule has 2 heterocycles. The minimum atomic E-state index is -4.55. The van der Waals surface area contributed by atoms with Gasteiger partial charge in [0.15, 0.2) is 11.4 Å². The standard InChI is InChI=1S/C26H28F3N5O4/c1-13-11-14(26(27,28)29)12-31-16(13)23(25(2)8-5-6-9-25)33-18-17(21(36)22(18)37)32-15-7-10-30-19(20(15)35)24(38)34(3)4/h7,10-12,23,33,35H,5-6,8-9H2,1-4H3,(H,30,32)/t23-/m0/s1. The number of hydrogen-bond donors (Lipinski definition) is 3. The van der Waals surface area contributed by atoms with E-state index in [1.54, 1.807) is 0 Å². The van der Waals surface area contributed by atoms with Gasteiger partial charge in [-0.3, -0.25) is 19.4 Å². The highest BCUT2D eigenvalue weighted by molar-refractivity contribution is 5.97. The molecule has 0 aliphatic heterocycles. The van der Waals surface area contributed by atoms with E-state index >= 15 is 0 Å². The number of aryl methyl sites for hydroxylation is 1. The van der Waals surface area contributed by atoms with Gasteiger partial charge in [-0.15, -0.1) is 0 Å². The summed E-state index contributed by atoms with van der Waals surface area (Å²) in [5.41, 5.74) is -2.74. The molecule has 0 spiro atoms. The van der Waals surface area contributed by atoms with Crippen LogP contribution in [0.25, 0.3) is 0 Å². The molecule has 1 aromatic carbocycles. The molecule has 12 heteroatoms. The van der Waals surface area contributed by atoms with Crippen molar-refractivity contribution in [1.29, 1.82) is 0 Å². The molecule has 0 radical (unpaired) electrons. The van der Waals surface area contributed by atoms with Crippen molar-refractivity contribution in [3.05, 3.63) is 67.5 Å². The van der Waals surface area contributed by atoms with E-state index in [0.29, 0.717) is 11.3 Å². The normalized spacial score (nSPS) is 15.9. The zero-order valence-corrected chi connectivity index (χ0v) is 21.4. The fourth-order valence-electron chi connectivity index (χ4n) is 4.94. The first kappa shape index (κ1) is 27.1. The van der Waals surface area contributed by atoms with Crippen molar-refractivity contribution in [2.75, 3.05) is 24.7 Å². The van der Waals surface area contributed by atoms with Gasteiger partial charge in [-0.05, 0) is 42.9 Å². The highest BCUT2D eigenvalue weighted by atomic mass is 19.4. The van der Waals surface area contributed by atoms with Crippen molar-refractivity contribution in [3.63, 3.8) is 0 Å². The van der Waals surface area contributed by atoms with Crippen molar-refractivity contribution < 1.29 is 23.1 Å². The third-order valence-corrected chi connectivity index (χ3v) is 7.15. The SMILES string of the molecule is Cc1cc(C(F)(F)F)cnc1[C@H](Nc1c(Nc2ccnc(C(=O)N(C)C)c2O)c(=O)c1=O)C1(C)CCCC1. The van der Waals surface area contributed by atoms with Gasteiger partial charge in [-0.2, -0.15) is 13.2 Å². The molecule has 2 aromatic heterocycles. The summed E-state index contributed by atoms with van der Waals surface area (Å²) in [4.78, 5) is 46.8. The zero-order valence-electron chi connectivity index (χ0n) is 21.4. The van der Waals surface area contributed by atoms with Crippen molar-refractivity contribution in [2.24, 2.45) is 5.41 Å². The lowest BCUT2D eigenvalue weighted by Crippen LogP contribution is -2.40. The van der Waals surface area contributed by atoms with Crippen LogP contribution in [-0.4, -0.2) is 40.0 Å². The van der Waals surface area contributed by atoms with Crippen molar-refractivity contribution in [1.82, 2.24) is 14.9 Å².